The minimum absolute atomic E-state index is 0.00875. The molecule has 1 aliphatic carbocycles. The van der Waals surface area contributed by atoms with Crippen molar-refractivity contribution in [1.82, 2.24) is 19.9 Å². The molecule has 3 rings (SSSR count). The molecule has 0 radical (unpaired) electrons. The number of aliphatic hydroxyl groups excluding tert-OH is 1. The van der Waals surface area contributed by atoms with Gasteiger partial charge in [-0.05, 0) is 26.7 Å². The average Bonchev–Trinajstić information content (AvgIpc) is 3.03. The van der Waals surface area contributed by atoms with Gasteiger partial charge in [-0.3, -0.25) is 4.68 Å². The Hall–Kier alpha value is -1.69. The van der Waals surface area contributed by atoms with Crippen molar-refractivity contribution >= 4 is 0 Å². The van der Waals surface area contributed by atoms with Gasteiger partial charge in [-0.25, -0.2) is 0 Å². The molecule has 96 valence electrons. The third-order valence-corrected chi connectivity index (χ3v) is 3.40. The molecule has 0 unspecified atom stereocenters. The monoisotopic (exact) mass is 248 g/mol. The van der Waals surface area contributed by atoms with E-state index in [1.54, 1.807) is 4.68 Å². The van der Waals surface area contributed by atoms with Crippen LogP contribution in [0.2, 0.25) is 0 Å². The summed E-state index contributed by atoms with van der Waals surface area (Å²) in [6, 6.07) is 0. The van der Waals surface area contributed by atoms with Crippen LogP contribution in [0.3, 0.4) is 0 Å². The van der Waals surface area contributed by atoms with E-state index in [0.29, 0.717) is 18.4 Å². The maximum atomic E-state index is 9.26. The zero-order valence-electron chi connectivity index (χ0n) is 10.6. The molecule has 1 N–H and O–H groups in total. The molecule has 0 bridgehead atoms. The van der Waals surface area contributed by atoms with Crippen molar-refractivity contribution in [1.29, 1.82) is 0 Å². The molecule has 0 spiro atoms. The van der Waals surface area contributed by atoms with Crippen LogP contribution in [0.5, 0.6) is 0 Å². The molecule has 1 aliphatic rings. The van der Waals surface area contributed by atoms with Crippen LogP contribution < -0.4 is 0 Å². The van der Waals surface area contributed by atoms with Gasteiger partial charge in [0.15, 0.2) is 5.82 Å². The van der Waals surface area contributed by atoms with E-state index in [1.165, 1.54) is 0 Å². The Morgan fingerprint density at radius 1 is 1.39 bits per heavy atom. The molecule has 1 saturated carbocycles. The van der Waals surface area contributed by atoms with Gasteiger partial charge in [-0.15, -0.1) is 0 Å². The highest BCUT2D eigenvalue weighted by Crippen LogP contribution is 2.38. The number of hydrogen-bond acceptors (Lipinski definition) is 5. The quantitative estimate of drug-likeness (QED) is 0.882. The maximum Gasteiger partial charge on any atom is 0.248 e. The fourth-order valence-electron chi connectivity index (χ4n) is 2.08. The van der Waals surface area contributed by atoms with Crippen molar-refractivity contribution in [3.63, 3.8) is 0 Å². The van der Waals surface area contributed by atoms with Crippen molar-refractivity contribution < 1.29 is 9.63 Å². The zero-order chi connectivity index (χ0) is 12.7. The van der Waals surface area contributed by atoms with Crippen LogP contribution >= 0.6 is 0 Å². The Morgan fingerprint density at radius 3 is 2.78 bits per heavy atom. The van der Waals surface area contributed by atoms with E-state index < -0.39 is 0 Å². The highest BCUT2D eigenvalue weighted by Gasteiger charge is 2.28. The van der Waals surface area contributed by atoms with E-state index in [-0.39, 0.29) is 6.61 Å². The number of aryl methyl sites for hydroxylation is 1. The summed E-state index contributed by atoms with van der Waals surface area (Å²) < 4.78 is 7.02. The molecular weight excluding hydrogens is 232 g/mol. The van der Waals surface area contributed by atoms with Gasteiger partial charge in [0.1, 0.15) is 6.54 Å². The van der Waals surface area contributed by atoms with Crippen molar-refractivity contribution in [2.45, 2.75) is 45.8 Å². The Labute approximate surface area is 105 Å². The van der Waals surface area contributed by atoms with Crippen LogP contribution in [-0.2, 0) is 13.2 Å². The summed E-state index contributed by atoms with van der Waals surface area (Å²) in [7, 11) is 0. The SMILES string of the molecule is Cc1nn(Cc2nc(C3CC3)no2)c(C)c1CO. The second kappa shape index (κ2) is 4.20. The molecule has 0 amide bonds. The van der Waals surface area contributed by atoms with Crippen molar-refractivity contribution in [3.8, 4) is 0 Å². The van der Waals surface area contributed by atoms with E-state index in [2.05, 4.69) is 15.2 Å². The summed E-state index contributed by atoms with van der Waals surface area (Å²) in [6.07, 6.45) is 2.32. The van der Waals surface area contributed by atoms with Crippen LogP contribution in [0.4, 0.5) is 0 Å². The third kappa shape index (κ3) is 1.92. The van der Waals surface area contributed by atoms with Gasteiger partial charge in [0.05, 0.1) is 12.3 Å². The summed E-state index contributed by atoms with van der Waals surface area (Å²) in [5.74, 6) is 1.89. The largest absolute Gasteiger partial charge is 0.392 e. The standard InChI is InChI=1S/C12H16N4O2/c1-7-10(6-17)8(2)16(14-7)5-11-13-12(15-18-11)9-3-4-9/h9,17H,3-6H2,1-2H3. The molecule has 6 nitrogen and oxygen atoms in total. The Bertz CT molecular complexity index is 569. The molecule has 18 heavy (non-hydrogen) atoms. The topological polar surface area (TPSA) is 77.0 Å². The number of aromatic nitrogens is 4. The first-order valence-electron chi connectivity index (χ1n) is 6.15. The maximum absolute atomic E-state index is 9.26. The number of nitrogens with zero attached hydrogens (tertiary/aromatic N) is 4. The van der Waals surface area contributed by atoms with Gasteiger partial charge >= 0.3 is 0 Å². The lowest BCUT2D eigenvalue weighted by Gasteiger charge is -2.00. The van der Waals surface area contributed by atoms with Gasteiger partial charge in [-0.1, -0.05) is 5.16 Å². The summed E-state index contributed by atoms with van der Waals surface area (Å²) in [6.45, 7) is 4.30. The summed E-state index contributed by atoms with van der Waals surface area (Å²) in [4.78, 5) is 4.37. The zero-order valence-corrected chi connectivity index (χ0v) is 10.6. The first-order chi connectivity index (χ1) is 8.69. The van der Waals surface area contributed by atoms with E-state index in [4.69, 9.17) is 4.52 Å². The molecule has 0 atom stereocenters. The predicted molar refractivity (Wildman–Crippen MR) is 63.0 cm³/mol. The Balaban J connectivity index is 1.82. The lowest BCUT2D eigenvalue weighted by molar-refractivity contribution is 0.280. The highest BCUT2D eigenvalue weighted by atomic mass is 16.5. The Morgan fingerprint density at radius 2 is 2.17 bits per heavy atom. The van der Waals surface area contributed by atoms with Gasteiger partial charge in [0.2, 0.25) is 5.89 Å². The lowest BCUT2D eigenvalue weighted by Crippen LogP contribution is -2.04. The minimum Gasteiger partial charge on any atom is -0.392 e. The van der Waals surface area contributed by atoms with Gasteiger partial charge in [-0.2, -0.15) is 10.1 Å². The summed E-state index contributed by atoms with van der Waals surface area (Å²) in [5, 5.41) is 17.6. The van der Waals surface area contributed by atoms with Crippen molar-refractivity contribution in [2.24, 2.45) is 0 Å². The van der Waals surface area contributed by atoms with Gasteiger partial charge in [0.25, 0.3) is 0 Å². The number of hydrogen-bond donors (Lipinski definition) is 1. The smallest absolute Gasteiger partial charge is 0.248 e. The van der Waals surface area contributed by atoms with Crippen molar-refractivity contribution in [2.75, 3.05) is 0 Å². The van der Waals surface area contributed by atoms with E-state index in [9.17, 15) is 5.11 Å². The highest BCUT2D eigenvalue weighted by molar-refractivity contribution is 5.23. The van der Waals surface area contributed by atoms with Crippen LogP contribution in [0, 0.1) is 13.8 Å². The first kappa shape index (κ1) is 11.4. The number of aliphatic hydroxyl groups is 1. The molecule has 0 aromatic carbocycles. The lowest BCUT2D eigenvalue weighted by atomic mass is 10.2. The predicted octanol–water partition coefficient (Wildman–Crippen LogP) is 1.30. The second-order valence-electron chi connectivity index (χ2n) is 4.79. The summed E-state index contributed by atoms with van der Waals surface area (Å²) >= 11 is 0. The van der Waals surface area contributed by atoms with Gasteiger partial charge in [0, 0.05) is 17.2 Å². The molecule has 6 heteroatoms. The minimum atomic E-state index is 0.00875. The third-order valence-electron chi connectivity index (χ3n) is 3.40. The van der Waals surface area contributed by atoms with Gasteiger partial charge < -0.3 is 9.63 Å². The Kier molecular flexibility index (Phi) is 2.66. The molecule has 0 saturated heterocycles. The number of rotatable bonds is 4. The molecular formula is C12H16N4O2. The normalized spacial score (nSPS) is 15.3. The van der Waals surface area contributed by atoms with E-state index >= 15 is 0 Å². The fraction of sp³-hybridized carbons (Fsp3) is 0.583. The molecule has 2 heterocycles. The molecule has 1 fully saturated rings. The fourth-order valence-corrected chi connectivity index (χ4v) is 2.08. The summed E-state index contributed by atoms with van der Waals surface area (Å²) in [5.41, 5.74) is 2.66. The molecule has 2 aromatic rings. The van der Waals surface area contributed by atoms with Crippen LogP contribution in [0.25, 0.3) is 0 Å². The van der Waals surface area contributed by atoms with E-state index in [1.807, 2.05) is 13.8 Å². The van der Waals surface area contributed by atoms with E-state index in [0.717, 1.165) is 35.6 Å². The molecule has 0 aliphatic heterocycles. The second-order valence-corrected chi connectivity index (χ2v) is 4.79. The van der Waals surface area contributed by atoms with Crippen LogP contribution in [0.1, 0.15) is 47.4 Å². The average molecular weight is 248 g/mol. The first-order valence-corrected chi connectivity index (χ1v) is 6.15. The van der Waals surface area contributed by atoms with Crippen molar-refractivity contribution in [3.05, 3.63) is 28.7 Å². The van der Waals surface area contributed by atoms with Crippen LogP contribution in [0.15, 0.2) is 4.52 Å². The molecule has 2 aromatic heterocycles. The van der Waals surface area contributed by atoms with Crippen LogP contribution in [-0.4, -0.2) is 25.0 Å².